The maximum Gasteiger partial charge on any atom is 0.410 e. The van der Waals surface area contributed by atoms with Crippen molar-refractivity contribution in [2.24, 2.45) is 0 Å². The third kappa shape index (κ3) is 3.68. The second-order valence-corrected chi connectivity index (χ2v) is 8.40. The fourth-order valence-electron chi connectivity index (χ4n) is 4.14. The minimum Gasteiger partial charge on any atom is -0.444 e. The summed E-state index contributed by atoms with van der Waals surface area (Å²) >= 11 is 0. The van der Waals surface area contributed by atoms with Gasteiger partial charge in [-0.05, 0) is 58.6 Å². The van der Waals surface area contributed by atoms with E-state index in [4.69, 9.17) is 4.74 Å². The molecule has 2 aliphatic heterocycles. The molecule has 144 valence electrons. The highest BCUT2D eigenvalue weighted by Crippen LogP contribution is 2.43. The number of carbonyl (C=O) groups is 1. The van der Waals surface area contributed by atoms with E-state index in [1.54, 1.807) is 25.7 Å². The zero-order chi connectivity index (χ0) is 19.3. The summed E-state index contributed by atoms with van der Waals surface area (Å²) in [6.45, 7) is 5.34. The minimum absolute atomic E-state index is 0.179. The first-order valence-electron chi connectivity index (χ1n) is 8.85. The molecule has 2 fully saturated rings. The van der Waals surface area contributed by atoms with Crippen LogP contribution in [-0.2, 0) is 11.2 Å². The second-order valence-electron chi connectivity index (χ2n) is 8.40. The number of amides is 1. The highest BCUT2D eigenvalue weighted by Gasteiger charge is 2.50. The molecular weight excluding hydrogens is 347 g/mol. The fraction of sp³-hybridized carbons (Fsp3) is 0.632. The van der Waals surface area contributed by atoms with Crippen molar-refractivity contribution < 1.29 is 27.8 Å². The molecule has 1 aromatic rings. The van der Waals surface area contributed by atoms with Crippen LogP contribution in [0.2, 0.25) is 0 Å². The molecule has 3 rings (SSSR count). The topological polar surface area (TPSA) is 49.8 Å². The van der Waals surface area contributed by atoms with E-state index in [0.717, 1.165) is 12.1 Å². The molecule has 1 N–H and O–H groups in total. The van der Waals surface area contributed by atoms with Gasteiger partial charge >= 0.3 is 6.09 Å². The third-order valence-corrected chi connectivity index (χ3v) is 5.10. The molecule has 0 aromatic heterocycles. The maximum atomic E-state index is 14.0. The van der Waals surface area contributed by atoms with Crippen LogP contribution in [0.4, 0.5) is 18.0 Å². The van der Waals surface area contributed by atoms with Crippen LogP contribution in [0.1, 0.15) is 52.0 Å². The molecule has 2 aliphatic rings. The number of carbonyl (C=O) groups excluding carboxylic acids is 1. The number of aliphatic hydroxyl groups is 1. The zero-order valence-electron chi connectivity index (χ0n) is 15.2. The summed E-state index contributed by atoms with van der Waals surface area (Å²) < 4.78 is 46.8. The summed E-state index contributed by atoms with van der Waals surface area (Å²) in [6.07, 6.45) is 0.990. The number of hydrogen-bond donors (Lipinski definition) is 1. The molecule has 0 saturated carbocycles. The average Bonchev–Trinajstić information content (AvgIpc) is 2.79. The normalized spacial score (nSPS) is 28.3. The number of rotatable bonds is 2. The summed E-state index contributed by atoms with van der Waals surface area (Å²) in [4.78, 5) is 14.1. The maximum absolute atomic E-state index is 14.0. The Morgan fingerprint density at radius 2 is 1.73 bits per heavy atom. The number of halogens is 3. The van der Waals surface area contributed by atoms with E-state index >= 15 is 0 Å². The largest absolute Gasteiger partial charge is 0.444 e. The lowest BCUT2D eigenvalue weighted by Crippen LogP contribution is -2.55. The Labute approximate surface area is 150 Å². The molecule has 1 amide bonds. The molecule has 0 radical (unpaired) electrons. The van der Waals surface area contributed by atoms with Crippen LogP contribution in [0.25, 0.3) is 0 Å². The zero-order valence-corrected chi connectivity index (χ0v) is 15.2. The van der Waals surface area contributed by atoms with Crippen molar-refractivity contribution in [1.29, 1.82) is 0 Å². The molecule has 2 bridgehead atoms. The van der Waals surface area contributed by atoms with Crippen LogP contribution in [0.5, 0.6) is 0 Å². The van der Waals surface area contributed by atoms with Crippen molar-refractivity contribution >= 4 is 6.09 Å². The molecule has 2 unspecified atom stereocenters. The Kier molecular flexibility index (Phi) is 4.71. The molecule has 2 heterocycles. The van der Waals surface area contributed by atoms with E-state index in [9.17, 15) is 23.1 Å². The van der Waals surface area contributed by atoms with Crippen LogP contribution in [-0.4, -0.2) is 39.4 Å². The summed E-state index contributed by atoms with van der Waals surface area (Å²) in [7, 11) is 0. The van der Waals surface area contributed by atoms with E-state index in [1.165, 1.54) is 0 Å². The van der Waals surface area contributed by atoms with Gasteiger partial charge in [-0.1, -0.05) is 0 Å². The first-order chi connectivity index (χ1) is 12.0. The summed E-state index contributed by atoms with van der Waals surface area (Å²) in [5, 5.41) is 10.9. The predicted molar refractivity (Wildman–Crippen MR) is 89.1 cm³/mol. The molecule has 0 aliphatic carbocycles. The molecule has 2 saturated heterocycles. The van der Waals surface area contributed by atoms with Crippen LogP contribution in [0, 0.1) is 17.5 Å². The van der Waals surface area contributed by atoms with Gasteiger partial charge in [0.1, 0.15) is 11.4 Å². The lowest BCUT2D eigenvalue weighted by atomic mass is 9.81. The standard InChI is InChI=1S/C19H24F3NO3/c1-18(2,3)26-17(24)23-11-4-5-12(23)9-19(25,8-11)10-13-14(20)6-7-15(21)16(13)22/h6-7,11-12,25H,4-5,8-10H2,1-3H3. The van der Waals surface area contributed by atoms with Crippen molar-refractivity contribution in [3.8, 4) is 0 Å². The van der Waals surface area contributed by atoms with Gasteiger partial charge in [0.2, 0.25) is 0 Å². The average molecular weight is 371 g/mol. The Hall–Kier alpha value is -1.76. The Balaban J connectivity index is 1.78. The van der Waals surface area contributed by atoms with E-state index in [0.29, 0.717) is 12.8 Å². The van der Waals surface area contributed by atoms with E-state index in [1.807, 2.05) is 0 Å². The van der Waals surface area contributed by atoms with Gasteiger partial charge in [-0.2, -0.15) is 0 Å². The molecule has 4 nitrogen and oxygen atoms in total. The van der Waals surface area contributed by atoms with Gasteiger partial charge in [0.15, 0.2) is 11.6 Å². The van der Waals surface area contributed by atoms with Crippen LogP contribution >= 0.6 is 0 Å². The van der Waals surface area contributed by atoms with Crippen molar-refractivity contribution in [2.75, 3.05) is 0 Å². The Morgan fingerprint density at radius 1 is 1.19 bits per heavy atom. The summed E-state index contributed by atoms with van der Waals surface area (Å²) in [5.41, 5.74) is -2.46. The van der Waals surface area contributed by atoms with E-state index in [-0.39, 0.29) is 31.3 Å². The van der Waals surface area contributed by atoms with Crippen LogP contribution in [0.15, 0.2) is 12.1 Å². The number of fused-ring (bicyclic) bond motifs is 2. The van der Waals surface area contributed by atoms with Gasteiger partial charge in [-0.25, -0.2) is 18.0 Å². The number of benzene rings is 1. The SMILES string of the molecule is CC(C)(C)OC(=O)N1C2CCC1CC(O)(Cc1c(F)ccc(F)c1F)C2. The van der Waals surface area contributed by atoms with Gasteiger partial charge in [0.25, 0.3) is 0 Å². The smallest absolute Gasteiger partial charge is 0.410 e. The molecule has 2 atom stereocenters. The van der Waals surface area contributed by atoms with Crippen molar-refractivity contribution in [3.63, 3.8) is 0 Å². The molecule has 1 aromatic carbocycles. The van der Waals surface area contributed by atoms with Crippen molar-refractivity contribution in [2.45, 2.75) is 76.2 Å². The Morgan fingerprint density at radius 3 is 2.27 bits per heavy atom. The summed E-state index contributed by atoms with van der Waals surface area (Å²) in [5.74, 6) is -3.28. The van der Waals surface area contributed by atoms with Crippen LogP contribution in [0.3, 0.4) is 0 Å². The number of piperidine rings is 1. The first kappa shape index (κ1) is 19.0. The van der Waals surface area contributed by atoms with Gasteiger partial charge in [0.05, 0.1) is 5.60 Å². The van der Waals surface area contributed by atoms with Gasteiger partial charge in [-0.15, -0.1) is 0 Å². The second kappa shape index (κ2) is 6.44. The molecule has 26 heavy (non-hydrogen) atoms. The van der Waals surface area contributed by atoms with Crippen molar-refractivity contribution in [3.05, 3.63) is 35.1 Å². The number of hydrogen-bond acceptors (Lipinski definition) is 3. The quantitative estimate of drug-likeness (QED) is 0.801. The first-order valence-corrected chi connectivity index (χ1v) is 8.85. The number of ether oxygens (including phenoxy) is 1. The molecular formula is C19H24F3NO3. The molecule has 0 spiro atoms. The van der Waals surface area contributed by atoms with Gasteiger partial charge in [0, 0.05) is 24.1 Å². The monoisotopic (exact) mass is 371 g/mol. The van der Waals surface area contributed by atoms with Gasteiger partial charge < -0.3 is 14.7 Å². The van der Waals surface area contributed by atoms with Gasteiger partial charge in [-0.3, -0.25) is 0 Å². The Bertz CT molecular complexity index is 703. The lowest BCUT2D eigenvalue weighted by Gasteiger charge is -2.44. The molecule has 7 heteroatoms. The third-order valence-electron chi connectivity index (χ3n) is 5.10. The lowest BCUT2D eigenvalue weighted by molar-refractivity contribution is -0.0587. The highest BCUT2D eigenvalue weighted by atomic mass is 19.2. The van der Waals surface area contributed by atoms with E-state index in [2.05, 4.69) is 0 Å². The van der Waals surface area contributed by atoms with Crippen molar-refractivity contribution in [1.82, 2.24) is 4.90 Å². The summed E-state index contributed by atoms with van der Waals surface area (Å²) in [6, 6.07) is 1.08. The number of nitrogens with zero attached hydrogens (tertiary/aromatic N) is 1. The fourth-order valence-corrected chi connectivity index (χ4v) is 4.14. The van der Waals surface area contributed by atoms with E-state index < -0.39 is 40.3 Å². The minimum atomic E-state index is -1.39. The predicted octanol–water partition coefficient (Wildman–Crippen LogP) is 3.94. The highest BCUT2D eigenvalue weighted by molar-refractivity contribution is 5.69. The van der Waals surface area contributed by atoms with Crippen LogP contribution < -0.4 is 0 Å².